The van der Waals surface area contributed by atoms with Gasteiger partial charge in [0.2, 0.25) is 0 Å². The average Bonchev–Trinajstić information content (AvgIpc) is 2.21. The number of aromatic hydroxyl groups is 1. The molecule has 0 fully saturated rings. The first-order valence-electron chi connectivity index (χ1n) is 4.94. The summed E-state index contributed by atoms with van der Waals surface area (Å²) in [5.41, 5.74) is 6.22. The minimum absolute atomic E-state index is 0.0156. The number of benzene rings is 1. The number of phenolic OH excluding ortho intramolecular Hbond substituents is 1. The van der Waals surface area contributed by atoms with E-state index in [0.29, 0.717) is 17.2 Å². The van der Waals surface area contributed by atoms with Gasteiger partial charge >= 0.3 is 5.97 Å². The number of halogens is 1. The van der Waals surface area contributed by atoms with Crippen molar-refractivity contribution < 1.29 is 14.6 Å². The SMILES string of the molecule is CCOC(=O)C[C@H](N)c1cc(Cl)ccc1O. The summed E-state index contributed by atoms with van der Waals surface area (Å²) in [6, 6.07) is 3.93. The maximum Gasteiger partial charge on any atom is 0.307 e. The molecule has 1 aromatic carbocycles. The predicted molar refractivity (Wildman–Crippen MR) is 61.3 cm³/mol. The van der Waals surface area contributed by atoms with Gasteiger partial charge in [-0.25, -0.2) is 0 Å². The van der Waals surface area contributed by atoms with Crippen LogP contribution in [0.3, 0.4) is 0 Å². The minimum atomic E-state index is -0.613. The van der Waals surface area contributed by atoms with Crippen molar-refractivity contribution in [2.45, 2.75) is 19.4 Å². The van der Waals surface area contributed by atoms with Crippen LogP contribution in [0.4, 0.5) is 0 Å². The van der Waals surface area contributed by atoms with Crippen LogP contribution in [-0.4, -0.2) is 17.7 Å². The molecule has 1 atom stereocenters. The van der Waals surface area contributed by atoms with Crippen LogP contribution in [0, 0.1) is 0 Å². The lowest BCUT2D eigenvalue weighted by Crippen LogP contribution is -2.17. The second-order valence-electron chi connectivity index (χ2n) is 3.32. The molecule has 0 radical (unpaired) electrons. The number of carbonyl (C=O) groups is 1. The predicted octanol–water partition coefficient (Wildman–Crippen LogP) is 2.00. The van der Waals surface area contributed by atoms with E-state index in [2.05, 4.69) is 0 Å². The summed E-state index contributed by atoms with van der Waals surface area (Å²) in [6.45, 7) is 2.04. The van der Waals surface area contributed by atoms with Gasteiger partial charge in [-0.15, -0.1) is 0 Å². The van der Waals surface area contributed by atoms with Crippen molar-refractivity contribution in [3.8, 4) is 5.75 Å². The van der Waals surface area contributed by atoms with Crippen LogP contribution in [0.2, 0.25) is 5.02 Å². The van der Waals surface area contributed by atoms with E-state index in [0.717, 1.165) is 0 Å². The van der Waals surface area contributed by atoms with Crippen molar-refractivity contribution in [1.29, 1.82) is 0 Å². The number of rotatable bonds is 4. The second kappa shape index (κ2) is 5.72. The number of esters is 1. The van der Waals surface area contributed by atoms with E-state index in [1.54, 1.807) is 19.1 Å². The summed E-state index contributed by atoms with van der Waals surface area (Å²) in [5.74, 6) is -0.365. The highest BCUT2D eigenvalue weighted by molar-refractivity contribution is 6.30. The van der Waals surface area contributed by atoms with Crippen molar-refractivity contribution in [3.05, 3.63) is 28.8 Å². The number of nitrogens with two attached hydrogens (primary N) is 1. The van der Waals surface area contributed by atoms with Gasteiger partial charge in [-0.1, -0.05) is 11.6 Å². The molecule has 0 amide bonds. The molecule has 0 aliphatic carbocycles. The zero-order valence-electron chi connectivity index (χ0n) is 8.94. The summed E-state index contributed by atoms with van der Waals surface area (Å²) < 4.78 is 4.77. The molecule has 88 valence electrons. The van der Waals surface area contributed by atoms with Crippen LogP contribution in [0.5, 0.6) is 5.75 Å². The third-order valence-corrected chi connectivity index (χ3v) is 2.32. The zero-order chi connectivity index (χ0) is 12.1. The van der Waals surface area contributed by atoms with Gasteiger partial charge in [0.05, 0.1) is 13.0 Å². The van der Waals surface area contributed by atoms with Crippen LogP contribution in [-0.2, 0) is 9.53 Å². The smallest absolute Gasteiger partial charge is 0.307 e. The molecule has 4 nitrogen and oxygen atoms in total. The van der Waals surface area contributed by atoms with E-state index in [1.165, 1.54) is 6.07 Å². The first-order valence-corrected chi connectivity index (χ1v) is 5.32. The third-order valence-electron chi connectivity index (χ3n) is 2.08. The summed E-state index contributed by atoms with van der Waals surface area (Å²) in [6.07, 6.45) is 0.0156. The normalized spacial score (nSPS) is 12.2. The molecular formula is C11H14ClNO3. The van der Waals surface area contributed by atoms with E-state index in [1.807, 2.05) is 0 Å². The zero-order valence-corrected chi connectivity index (χ0v) is 9.70. The average molecular weight is 244 g/mol. The Hall–Kier alpha value is -1.26. The maximum atomic E-state index is 11.2. The Morgan fingerprint density at radius 1 is 1.62 bits per heavy atom. The van der Waals surface area contributed by atoms with Gasteiger partial charge in [0.15, 0.2) is 0 Å². The topological polar surface area (TPSA) is 72.5 Å². The van der Waals surface area contributed by atoms with Gasteiger partial charge in [0.1, 0.15) is 5.75 Å². The summed E-state index contributed by atoms with van der Waals surface area (Å²) in [4.78, 5) is 11.2. The second-order valence-corrected chi connectivity index (χ2v) is 3.76. The number of ether oxygens (including phenoxy) is 1. The molecule has 0 bridgehead atoms. The van der Waals surface area contributed by atoms with Crippen molar-refractivity contribution in [2.75, 3.05) is 6.61 Å². The molecule has 3 N–H and O–H groups in total. The standard InChI is InChI=1S/C11H14ClNO3/c1-2-16-11(15)6-9(13)8-5-7(12)3-4-10(8)14/h3-5,9,14H,2,6,13H2,1H3/t9-/m0/s1. The van der Waals surface area contributed by atoms with Crippen LogP contribution in [0.1, 0.15) is 24.9 Å². The highest BCUT2D eigenvalue weighted by Crippen LogP contribution is 2.27. The summed E-state index contributed by atoms with van der Waals surface area (Å²) in [5, 5.41) is 10.0. The highest BCUT2D eigenvalue weighted by atomic mass is 35.5. The molecular weight excluding hydrogens is 230 g/mol. The Bertz CT molecular complexity index is 381. The molecule has 0 spiro atoms. The van der Waals surface area contributed by atoms with Gasteiger partial charge in [0.25, 0.3) is 0 Å². The molecule has 0 saturated heterocycles. The minimum Gasteiger partial charge on any atom is -0.508 e. The molecule has 0 aliphatic rings. The van der Waals surface area contributed by atoms with E-state index in [-0.39, 0.29) is 12.2 Å². The van der Waals surface area contributed by atoms with Crippen molar-refractivity contribution in [1.82, 2.24) is 0 Å². The molecule has 0 aliphatic heterocycles. The number of carbonyl (C=O) groups excluding carboxylic acids is 1. The van der Waals surface area contributed by atoms with E-state index in [4.69, 9.17) is 22.1 Å². The fourth-order valence-corrected chi connectivity index (χ4v) is 1.51. The van der Waals surface area contributed by atoms with Crippen LogP contribution < -0.4 is 5.73 Å². The van der Waals surface area contributed by atoms with Crippen molar-refractivity contribution in [2.24, 2.45) is 5.73 Å². The largest absolute Gasteiger partial charge is 0.508 e. The van der Waals surface area contributed by atoms with Gasteiger partial charge < -0.3 is 15.6 Å². The van der Waals surface area contributed by atoms with E-state index < -0.39 is 12.0 Å². The Labute approximate surface area is 99.0 Å². The quantitative estimate of drug-likeness (QED) is 0.794. The first-order chi connectivity index (χ1) is 7.54. The first kappa shape index (κ1) is 12.8. The van der Waals surface area contributed by atoms with Gasteiger partial charge in [-0.3, -0.25) is 4.79 Å². The van der Waals surface area contributed by atoms with Crippen LogP contribution in [0.15, 0.2) is 18.2 Å². The number of hydrogen-bond donors (Lipinski definition) is 2. The molecule has 0 heterocycles. The molecule has 1 aromatic rings. The molecule has 5 heteroatoms. The fourth-order valence-electron chi connectivity index (χ4n) is 1.33. The van der Waals surface area contributed by atoms with E-state index >= 15 is 0 Å². The molecule has 1 rings (SSSR count). The number of phenols is 1. The maximum absolute atomic E-state index is 11.2. The van der Waals surface area contributed by atoms with Gasteiger partial charge in [-0.2, -0.15) is 0 Å². The van der Waals surface area contributed by atoms with E-state index in [9.17, 15) is 9.90 Å². The Kier molecular flexibility index (Phi) is 4.58. The van der Waals surface area contributed by atoms with Crippen molar-refractivity contribution >= 4 is 17.6 Å². The third kappa shape index (κ3) is 3.40. The Balaban J connectivity index is 2.76. The molecule has 0 unspecified atom stereocenters. The Morgan fingerprint density at radius 3 is 2.94 bits per heavy atom. The lowest BCUT2D eigenvalue weighted by molar-refractivity contribution is -0.143. The summed E-state index contributed by atoms with van der Waals surface area (Å²) in [7, 11) is 0. The van der Waals surface area contributed by atoms with Gasteiger partial charge in [-0.05, 0) is 25.1 Å². The van der Waals surface area contributed by atoms with Gasteiger partial charge in [0, 0.05) is 16.6 Å². The highest BCUT2D eigenvalue weighted by Gasteiger charge is 2.16. The molecule has 0 aromatic heterocycles. The van der Waals surface area contributed by atoms with Crippen LogP contribution in [0.25, 0.3) is 0 Å². The van der Waals surface area contributed by atoms with Crippen LogP contribution >= 0.6 is 11.6 Å². The monoisotopic (exact) mass is 243 g/mol. The Morgan fingerprint density at radius 2 is 2.31 bits per heavy atom. The fraction of sp³-hybridized carbons (Fsp3) is 0.364. The lowest BCUT2D eigenvalue weighted by Gasteiger charge is -2.13. The molecule has 16 heavy (non-hydrogen) atoms. The van der Waals surface area contributed by atoms with Crippen molar-refractivity contribution in [3.63, 3.8) is 0 Å². The summed E-state index contributed by atoms with van der Waals surface area (Å²) >= 11 is 5.78. The number of hydrogen-bond acceptors (Lipinski definition) is 4. The lowest BCUT2D eigenvalue weighted by atomic mass is 10.0. The molecule has 0 saturated carbocycles.